The highest BCUT2D eigenvalue weighted by Crippen LogP contribution is 2.26. The van der Waals surface area contributed by atoms with E-state index in [0.29, 0.717) is 0 Å². The smallest absolute Gasteiger partial charge is 0.372 e. The Morgan fingerprint density at radius 1 is 1.09 bits per heavy atom. The first-order valence-electron chi connectivity index (χ1n) is 10.4. The van der Waals surface area contributed by atoms with Crippen molar-refractivity contribution in [2.24, 2.45) is 0 Å². The molecule has 6 nitrogen and oxygen atoms in total. The van der Waals surface area contributed by atoms with Crippen LogP contribution in [0.1, 0.15) is 11.5 Å². The van der Waals surface area contributed by atoms with Gasteiger partial charge in [0.1, 0.15) is 10.1 Å². The van der Waals surface area contributed by atoms with E-state index in [4.69, 9.17) is 4.42 Å². The van der Waals surface area contributed by atoms with Gasteiger partial charge in [-0.25, -0.2) is 8.42 Å². The number of oxazole rings is 1. The standard InChI is InChI=1S/C18H16N2OS.C7H8O3S/c1-20-11-12-22-17(20)8-4-7-16-19-18-14-6-3-2-5-13(14)9-10-15(18)21-16;1-6-2-4-7(5-3-6)11(8,9)10/h2-10H,11-12H2,1H3;2-5H,1H3,(H,8,9,10)/b7-4+,17-8+;. The fourth-order valence-electron chi connectivity index (χ4n) is 3.41. The summed E-state index contributed by atoms with van der Waals surface area (Å²) >= 11 is 1.89. The van der Waals surface area contributed by atoms with Gasteiger partial charge in [0.05, 0.1) is 21.4 Å². The molecular weight excluding hydrogens is 456 g/mol. The lowest BCUT2D eigenvalue weighted by Gasteiger charge is -2.09. The molecule has 0 amide bonds. The number of hydrogen-bond acceptors (Lipinski definition) is 6. The summed E-state index contributed by atoms with van der Waals surface area (Å²) in [6, 6.07) is 18.2. The molecule has 1 N–H and O–H groups in total. The van der Waals surface area contributed by atoms with Gasteiger partial charge < -0.3 is 13.9 Å². The Kier molecular flexibility index (Phi) is 6.88. The van der Waals surface area contributed by atoms with Crippen LogP contribution in [0.25, 0.3) is 27.9 Å². The number of allylic oxidation sites excluding steroid dienone is 2. The lowest BCUT2D eigenvalue weighted by molar-refractivity contribution is -0.356. The van der Waals surface area contributed by atoms with Crippen LogP contribution in [-0.2, 0) is 10.1 Å². The first-order valence-corrected chi connectivity index (χ1v) is 12.8. The third-order valence-corrected chi connectivity index (χ3v) is 7.19. The van der Waals surface area contributed by atoms with Crippen molar-refractivity contribution in [3.8, 4) is 0 Å². The second-order valence-electron chi connectivity index (χ2n) is 7.65. The number of nitrogens with one attached hydrogen (secondary N) is 1. The van der Waals surface area contributed by atoms with Gasteiger partial charge in [-0.05, 0) is 48.7 Å². The minimum atomic E-state index is -4.27. The lowest BCUT2D eigenvalue weighted by atomic mass is 10.1. The molecule has 0 spiro atoms. The summed E-state index contributed by atoms with van der Waals surface area (Å²) < 4.78 is 37.0. The van der Waals surface area contributed by atoms with Gasteiger partial charge in [-0.1, -0.05) is 42.0 Å². The van der Waals surface area contributed by atoms with Crippen LogP contribution >= 0.6 is 11.8 Å². The normalized spacial score (nSPS) is 15.5. The highest BCUT2D eigenvalue weighted by atomic mass is 32.2. The van der Waals surface area contributed by atoms with E-state index in [-0.39, 0.29) is 4.90 Å². The molecule has 0 radical (unpaired) electrons. The predicted octanol–water partition coefficient (Wildman–Crippen LogP) is 4.83. The average molecular weight is 481 g/mol. The number of rotatable bonds is 3. The number of nitrogens with zero attached hydrogens (tertiary/aromatic N) is 1. The van der Waals surface area contributed by atoms with Crippen LogP contribution in [0.4, 0.5) is 0 Å². The van der Waals surface area contributed by atoms with E-state index in [9.17, 15) is 13.0 Å². The minimum Gasteiger partial charge on any atom is -0.744 e. The summed E-state index contributed by atoms with van der Waals surface area (Å²) in [6.07, 6.45) is 6.16. The second kappa shape index (κ2) is 9.82. The quantitative estimate of drug-likeness (QED) is 0.390. The number of fused-ring (bicyclic) bond motifs is 3. The van der Waals surface area contributed by atoms with Crippen molar-refractivity contribution < 1.29 is 22.4 Å². The van der Waals surface area contributed by atoms with E-state index in [1.54, 1.807) is 12.1 Å². The number of aryl methyl sites for hydroxylation is 1. The molecule has 0 bridgehead atoms. The van der Waals surface area contributed by atoms with Crippen LogP contribution < -0.4 is 4.98 Å². The molecule has 170 valence electrons. The van der Waals surface area contributed by atoms with Gasteiger partial charge in [0.15, 0.2) is 0 Å². The minimum absolute atomic E-state index is 0.178. The molecule has 0 aliphatic carbocycles. The zero-order valence-corrected chi connectivity index (χ0v) is 19.9. The maximum atomic E-state index is 10.4. The number of thioether (sulfide) groups is 1. The fourth-order valence-corrected chi connectivity index (χ4v) is 4.94. The molecule has 2 heterocycles. The Morgan fingerprint density at radius 2 is 1.85 bits per heavy atom. The fraction of sp³-hybridized carbons (Fsp3) is 0.160. The molecule has 1 saturated heterocycles. The molecule has 0 saturated carbocycles. The van der Waals surface area contributed by atoms with Crippen molar-refractivity contribution >= 4 is 49.8 Å². The summed E-state index contributed by atoms with van der Waals surface area (Å²) in [5, 5.41) is 3.71. The van der Waals surface area contributed by atoms with E-state index in [0.717, 1.165) is 29.1 Å². The highest BCUT2D eigenvalue weighted by Gasteiger charge is 2.14. The van der Waals surface area contributed by atoms with E-state index < -0.39 is 10.1 Å². The largest absolute Gasteiger partial charge is 0.744 e. The van der Waals surface area contributed by atoms with Gasteiger partial charge in [0, 0.05) is 19.3 Å². The number of hydrogen-bond donors (Lipinski definition) is 0. The Bertz CT molecular complexity index is 1440. The van der Waals surface area contributed by atoms with Crippen LogP contribution in [0.3, 0.4) is 0 Å². The third kappa shape index (κ3) is 5.65. The molecule has 0 unspecified atom stereocenters. The number of aromatic amines is 1. The Morgan fingerprint density at radius 3 is 2.55 bits per heavy atom. The zero-order chi connectivity index (χ0) is 23.4. The van der Waals surface area contributed by atoms with Gasteiger partial charge in [-0.15, -0.1) is 11.8 Å². The topological polar surface area (TPSA) is 87.7 Å². The van der Waals surface area contributed by atoms with Gasteiger partial charge in [0.2, 0.25) is 5.58 Å². The van der Waals surface area contributed by atoms with Crippen molar-refractivity contribution in [3.63, 3.8) is 0 Å². The van der Waals surface area contributed by atoms with Crippen LogP contribution in [0.15, 0.2) is 87.2 Å². The Labute approximate surface area is 197 Å². The molecule has 1 aliphatic rings. The lowest BCUT2D eigenvalue weighted by Crippen LogP contribution is -2.10. The predicted molar refractivity (Wildman–Crippen MR) is 132 cm³/mol. The summed E-state index contributed by atoms with van der Waals surface area (Å²) in [5.41, 5.74) is 2.87. The van der Waals surface area contributed by atoms with E-state index >= 15 is 0 Å². The second-order valence-corrected chi connectivity index (χ2v) is 10.1. The molecular formula is C25H24N2O4S2. The van der Waals surface area contributed by atoms with E-state index in [1.165, 1.54) is 33.7 Å². The first kappa shape index (κ1) is 23.1. The van der Waals surface area contributed by atoms with E-state index in [1.807, 2.05) is 36.9 Å². The van der Waals surface area contributed by atoms with Crippen molar-refractivity contribution in [1.29, 1.82) is 0 Å². The van der Waals surface area contributed by atoms with Gasteiger partial charge in [0.25, 0.3) is 5.52 Å². The van der Waals surface area contributed by atoms with Crippen molar-refractivity contribution in [2.45, 2.75) is 11.8 Å². The van der Waals surface area contributed by atoms with Crippen LogP contribution in [0.2, 0.25) is 0 Å². The van der Waals surface area contributed by atoms with Crippen molar-refractivity contribution in [1.82, 2.24) is 4.90 Å². The molecule has 33 heavy (non-hydrogen) atoms. The average Bonchev–Trinajstić information content (AvgIpc) is 3.40. The van der Waals surface area contributed by atoms with Gasteiger partial charge in [-0.2, -0.15) is 4.98 Å². The maximum absolute atomic E-state index is 10.4. The van der Waals surface area contributed by atoms with Crippen LogP contribution in [0.5, 0.6) is 0 Å². The zero-order valence-electron chi connectivity index (χ0n) is 18.3. The van der Waals surface area contributed by atoms with Gasteiger partial charge in [-0.3, -0.25) is 0 Å². The molecule has 3 aromatic carbocycles. The van der Waals surface area contributed by atoms with Gasteiger partial charge >= 0.3 is 5.89 Å². The van der Waals surface area contributed by atoms with Crippen molar-refractivity contribution in [3.05, 3.63) is 89.3 Å². The Hall–Kier alpha value is -3.07. The monoisotopic (exact) mass is 480 g/mol. The summed E-state index contributed by atoms with van der Waals surface area (Å²) in [7, 11) is -2.15. The van der Waals surface area contributed by atoms with Crippen LogP contribution in [0, 0.1) is 6.92 Å². The van der Waals surface area contributed by atoms with Crippen LogP contribution in [-0.4, -0.2) is 37.2 Å². The molecule has 1 aromatic heterocycles. The third-order valence-electron chi connectivity index (χ3n) is 5.21. The number of aromatic nitrogens is 1. The number of benzene rings is 3. The number of H-pyrrole nitrogens is 1. The SMILES string of the molecule is CN1CCS/C1=C/C=C/c1[nH+]c2c(ccc3ccccc32)o1.Cc1ccc(S(=O)(=O)[O-])cc1. The molecule has 1 aliphatic heterocycles. The highest BCUT2D eigenvalue weighted by molar-refractivity contribution is 8.03. The summed E-state index contributed by atoms with van der Waals surface area (Å²) in [6.45, 7) is 2.94. The summed E-state index contributed by atoms with van der Waals surface area (Å²) in [5.74, 6) is 1.94. The molecule has 1 fully saturated rings. The first-order chi connectivity index (χ1) is 15.8. The Balaban J connectivity index is 0.000000200. The van der Waals surface area contributed by atoms with Crippen molar-refractivity contribution in [2.75, 3.05) is 19.3 Å². The maximum Gasteiger partial charge on any atom is 0.372 e. The molecule has 0 atom stereocenters. The molecule has 8 heteroatoms. The molecule has 4 aromatic rings. The van der Waals surface area contributed by atoms with E-state index in [2.05, 4.69) is 53.3 Å². The summed E-state index contributed by atoms with van der Waals surface area (Å²) in [4.78, 5) is 5.46. The molecule has 5 rings (SSSR count).